The molecule has 1 fully saturated rings. The highest BCUT2D eigenvalue weighted by molar-refractivity contribution is 6.39. The second kappa shape index (κ2) is 12.0. The third kappa shape index (κ3) is 6.41. The smallest absolute Gasteiger partial charge is 0.335 e. The topological polar surface area (TPSA) is 94.2 Å². The lowest BCUT2D eigenvalue weighted by atomic mass is 10.1. The number of urea groups is 1. The summed E-state index contributed by atoms with van der Waals surface area (Å²) in [4.78, 5) is 39.4. The van der Waals surface area contributed by atoms with Crippen molar-refractivity contribution in [1.29, 1.82) is 0 Å². The number of ether oxygens (including phenoxy) is 3. The van der Waals surface area contributed by atoms with Gasteiger partial charge >= 0.3 is 6.03 Å². The van der Waals surface area contributed by atoms with Gasteiger partial charge in [0.25, 0.3) is 11.8 Å². The molecule has 1 aliphatic heterocycles. The van der Waals surface area contributed by atoms with Gasteiger partial charge in [-0.2, -0.15) is 0 Å². The van der Waals surface area contributed by atoms with Crippen molar-refractivity contribution < 1.29 is 28.6 Å². The van der Waals surface area contributed by atoms with Crippen LogP contribution in [0.2, 0.25) is 5.02 Å². The largest absolute Gasteiger partial charge is 0.494 e. The van der Waals surface area contributed by atoms with E-state index in [1.165, 1.54) is 6.08 Å². The van der Waals surface area contributed by atoms with E-state index in [0.29, 0.717) is 41.7 Å². The predicted octanol–water partition coefficient (Wildman–Crippen LogP) is 6.00. The molecule has 0 bridgehead atoms. The third-order valence-corrected chi connectivity index (χ3v) is 6.10. The first kappa shape index (κ1) is 27.7. The lowest BCUT2D eigenvalue weighted by molar-refractivity contribution is -0.122. The standard InChI is InChI=1S/C30H29ClN2O6/c1-5-37-23-9-7-22(8-10-23)33-29(35)24(28(34)32-30(33)36)14-20-15-25(31)27(26(16-20)38-6-2)39-17-21-12-18(3)11-19(4)13-21/h7-16H,5-6,17H2,1-4H3,(H,32,34,36)/b24-14+. The Bertz CT molecular complexity index is 1430. The molecule has 9 heteroatoms. The molecule has 4 rings (SSSR count). The number of barbiturate groups is 1. The molecule has 1 N–H and O–H groups in total. The van der Waals surface area contributed by atoms with Gasteiger partial charge in [-0.3, -0.25) is 14.9 Å². The summed E-state index contributed by atoms with van der Waals surface area (Å²) in [5.74, 6) is -0.265. The van der Waals surface area contributed by atoms with Crippen molar-refractivity contribution in [3.8, 4) is 17.2 Å². The fourth-order valence-electron chi connectivity index (χ4n) is 4.30. The Morgan fingerprint density at radius 2 is 1.54 bits per heavy atom. The van der Waals surface area contributed by atoms with E-state index in [-0.39, 0.29) is 17.2 Å². The van der Waals surface area contributed by atoms with Crippen LogP contribution in [0.5, 0.6) is 17.2 Å². The lowest BCUT2D eigenvalue weighted by Gasteiger charge is -2.26. The van der Waals surface area contributed by atoms with Gasteiger partial charge in [0.1, 0.15) is 17.9 Å². The zero-order valence-electron chi connectivity index (χ0n) is 22.2. The first-order chi connectivity index (χ1) is 18.7. The van der Waals surface area contributed by atoms with Gasteiger partial charge in [0.05, 0.1) is 23.9 Å². The number of hydrogen-bond acceptors (Lipinski definition) is 6. The minimum Gasteiger partial charge on any atom is -0.494 e. The van der Waals surface area contributed by atoms with Crippen LogP contribution in [0.1, 0.15) is 36.1 Å². The van der Waals surface area contributed by atoms with E-state index < -0.39 is 17.8 Å². The first-order valence-electron chi connectivity index (χ1n) is 12.5. The zero-order valence-corrected chi connectivity index (χ0v) is 22.9. The van der Waals surface area contributed by atoms with E-state index in [2.05, 4.69) is 11.4 Å². The molecular weight excluding hydrogens is 520 g/mol. The minimum absolute atomic E-state index is 0.231. The van der Waals surface area contributed by atoms with Crippen LogP contribution in [0.15, 0.2) is 60.2 Å². The summed E-state index contributed by atoms with van der Waals surface area (Å²) in [6.07, 6.45) is 1.37. The fourth-order valence-corrected chi connectivity index (χ4v) is 4.57. The molecule has 0 spiro atoms. The van der Waals surface area contributed by atoms with Crippen LogP contribution in [0.3, 0.4) is 0 Å². The Balaban J connectivity index is 1.63. The molecule has 202 valence electrons. The quantitative estimate of drug-likeness (QED) is 0.260. The van der Waals surface area contributed by atoms with E-state index >= 15 is 0 Å². The van der Waals surface area contributed by atoms with E-state index in [9.17, 15) is 14.4 Å². The molecular formula is C30H29ClN2O6. The summed E-state index contributed by atoms with van der Waals surface area (Å²) in [7, 11) is 0. The number of hydrogen-bond donors (Lipinski definition) is 1. The van der Waals surface area contributed by atoms with Crippen LogP contribution in [0, 0.1) is 13.8 Å². The summed E-state index contributed by atoms with van der Waals surface area (Å²) >= 11 is 6.58. The number of anilines is 1. The van der Waals surface area contributed by atoms with Gasteiger partial charge in [-0.15, -0.1) is 0 Å². The van der Waals surface area contributed by atoms with Crippen molar-refractivity contribution in [2.45, 2.75) is 34.3 Å². The number of imide groups is 2. The average Bonchev–Trinajstić information content (AvgIpc) is 2.87. The molecule has 0 aliphatic carbocycles. The first-order valence-corrected chi connectivity index (χ1v) is 12.9. The Morgan fingerprint density at radius 1 is 0.872 bits per heavy atom. The number of nitrogens with zero attached hydrogens (tertiary/aromatic N) is 1. The van der Waals surface area contributed by atoms with Gasteiger partial charge in [0.2, 0.25) is 0 Å². The molecule has 3 aromatic carbocycles. The number of benzene rings is 3. The summed E-state index contributed by atoms with van der Waals surface area (Å²) in [6, 6.07) is 14.9. The third-order valence-electron chi connectivity index (χ3n) is 5.81. The second-order valence-corrected chi connectivity index (χ2v) is 9.34. The van der Waals surface area contributed by atoms with Gasteiger partial charge in [-0.1, -0.05) is 40.9 Å². The summed E-state index contributed by atoms with van der Waals surface area (Å²) in [6.45, 7) is 8.82. The highest BCUT2D eigenvalue weighted by Crippen LogP contribution is 2.38. The number of nitrogens with one attached hydrogen (secondary N) is 1. The molecule has 8 nitrogen and oxygen atoms in total. The van der Waals surface area contributed by atoms with Crippen LogP contribution >= 0.6 is 11.6 Å². The Labute approximate surface area is 232 Å². The van der Waals surface area contributed by atoms with Crippen molar-refractivity contribution >= 4 is 41.2 Å². The van der Waals surface area contributed by atoms with E-state index in [0.717, 1.165) is 21.6 Å². The molecule has 0 radical (unpaired) electrons. The number of rotatable bonds is 9. The number of carbonyl (C=O) groups is 3. The number of aryl methyl sites for hydroxylation is 2. The molecule has 39 heavy (non-hydrogen) atoms. The molecule has 3 aromatic rings. The van der Waals surface area contributed by atoms with Gasteiger partial charge in [0, 0.05) is 0 Å². The molecule has 0 atom stereocenters. The van der Waals surface area contributed by atoms with Crippen molar-refractivity contribution in [3.05, 3.63) is 87.4 Å². The Kier molecular flexibility index (Phi) is 8.56. The zero-order chi connectivity index (χ0) is 28.1. The van der Waals surface area contributed by atoms with Gasteiger partial charge in [0.15, 0.2) is 11.5 Å². The molecule has 4 amide bonds. The average molecular weight is 549 g/mol. The predicted molar refractivity (Wildman–Crippen MR) is 149 cm³/mol. The van der Waals surface area contributed by atoms with Gasteiger partial charge in [-0.25, -0.2) is 9.69 Å². The van der Waals surface area contributed by atoms with Crippen molar-refractivity contribution in [2.24, 2.45) is 0 Å². The maximum absolute atomic E-state index is 13.3. The number of amides is 4. The van der Waals surface area contributed by atoms with Gasteiger partial charge < -0.3 is 14.2 Å². The summed E-state index contributed by atoms with van der Waals surface area (Å²) in [5.41, 5.74) is 3.73. The van der Waals surface area contributed by atoms with Crippen LogP contribution in [-0.2, 0) is 16.2 Å². The fraction of sp³-hybridized carbons (Fsp3) is 0.233. The molecule has 1 aliphatic rings. The van der Waals surface area contributed by atoms with Gasteiger partial charge in [-0.05, 0) is 81.3 Å². The normalized spacial score (nSPS) is 14.4. The summed E-state index contributed by atoms with van der Waals surface area (Å²) in [5, 5.41) is 2.47. The van der Waals surface area contributed by atoms with Crippen LogP contribution < -0.4 is 24.4 Å². The van der Waals surface area contributed by atoms with Crippen LogP contribution in [0.25, 0.3) is 6.08 Å². The van der Waals surface area contributed by atoms with Crippen molar-refractivity contribution in [1.82, 2.24) is 5.32 Å². The van der Waals surface area contributed by atoms with E-state index in [1.54, 1.807) is 36.4 Å². The van der Waals surface area contributed by atoms with E-state index in [4.69, 9.17) is 25.8 Å². The summed E-state index contributed by atoms with van der Waals surface area (Å²) < 4.78 is 17.2. The van der Waals surface area contributed by atoms with Crippen molar-refractivity contribution in [2.75, 3.05) is 18.1 Å². The maximum Gasteiger partial charge on any atom is 0.335 e. The number of carbonyl (C=O) groups excluding carboxylic acids is 3. The van der Waals surface area contributed by atoms with Crippen LogP contribution in [0.4, 0.5) is 10.5 Å². The SMILES string of the molecule is CCOc1ccc(N2C(=O)NC(=O)/C(=C\c3cc(Cl)c(OCc4cc(C)cc(C)c4)c(OCC)c3)C2=O)cc1. The Hall–Kier alpha value is -4.30. The molecule has 0 saturated carbocycles. The molecule has 0 aromatic heterocycles. The van der Waals surface area contributed by atoms with Crippen LogP contribution in [-0.4, -0.2) is 31.1 Å². The molecule has 0 unspecified atom stereocenters. The maximum atomic E-state index is 13.3. The Morgan fingerprint density at radius 3 is 2.18 bits per heavy atom. The van der Waals surface area contributed by atoms with E-state index in [1.807, 2.05) is 39.8 Å². The molecule has 1 heterocycles. The lowest BCUT2D eigenvalue weighted by Crippen LogP contribution is -2.54. The highest BCUT2D eigenvalue weighted by atomic mass is 35.5. The number of halogens is 1. The monoisotopic (exact) mass is 548 g/mol. The second-order valence-electron chi connectivity index (χ2n) is 8.93. The minimum atomic E-state index is -0.838. The molecule has 1 saturated heterocycles. The van der Waals surface area contributed by atoms with Crippen molar-refractivity contribution in [3.63, 3.8) is 0 Å². The highest BCUT2D eigenvalue weighted by Gasteiger charge is 2.37.